The first-order chi connectivity index (χ1) is 9.44. The van der Waals surface area contributed by atoms with Gasteiger partial charge in [-0.2, -0.15) is 5.26 Å². The fourth-order valence-electron chi connectivity index (χ4n) is 3.11. The number of ether oxygens (including phenoxy) is 1. The molecule has 1 aromatic rings. The largest absolute Gasteiger partial charge is 0.493 e. The Morgan fingerprint density at radius 1 is 1.35 bits per heavy atom. The number of nitrogens with zero attached hydrogens (tertiary/aromatic N) is 2. The number of hydrogen-bond acceptors (Lipinski definition) is 3. The van der Waals surface area contributed by atoms with E-state index in [1.807, 2.05) is 19.0 Å². The predicted octanol–water partition coefficient (Wildman–Crippen LogP) is 3.57. The summed E-state index contributed by atoms with van der Waals surface area (Å²) in [5.41, 5.74) is 2.82. The van der Waals surface area contributed by atoms with Gasteiger partial charge >= 0.3 is 0 Å². The molecule has 108 valence electrons. The molecule has 0 fully saturated rings. The Labute approximate surface area is 122 Å². The molecule has 1 aliphatic heterocycles. The molecule has 1 aromatic carbocycles. The second kappa shape index (κ2) is 5.46. The molecule has 3 nitrogen and oxygen atoms in total. The molecule has 1 aliphatic rings. The van der Waals surface area contributed by atoms with Crippen LogP contribution in [0.1, 0.15) is 49.3 Å². The maximum absolute atomic E-state index is 9.89. The summed E-state index contributed by atoms with van der Waals surface area (Å²) >= 11 is 0. The summed E-state index contributed by atoms with van der Waals surface area (Å²) in [6, 6.07) is 6.83. The van der Waals surface area contributed by atoms with Gasteiger partial charge in [-0.25, -0.2) is 0 Å². The van der Waals surface area contributed by atoms with Gasteiger partial charge in [0.1, 0.15) is 11.3 Å². The quantitative estimate of drug-likeness (QED) is 0.825. The van der Waals surface area contributed by atoms with Gasteiger partial charge in [0.2, 0.25) is 0 Å². The van der Waals surface area contributed by atoms with Crippen LogP contribution >= 0.6 is 0 Å². The van der Waals surface area contributed by atoms with E-state index in [9.17, 15) is 5.26 Å². The van der Waals surface area contributed by atoms with Gasteiger partial charge in [-0.1, -0.05) is 26.0 Å². The van der Waals surface area contributed by atoms with E-state index >= 15 is 0 Å². The van der Waals surface area contributed by atoms with Crippen molar-refractivity contribution in [3.8, 4) is 11.8 Å². The maximum atomic E-state index is 9.89. The van der Waals surface area contributed by atoms with Crippen LogP contribution in [0, 0.1) is 18.3 Å². The van der Waals surface area contributed by atoms with Crippen molar-refractivity contribution in [1.29, 1.82) is 5.26 Å². The van der Waals surface area contributed by atoms with E-state index in [0.29, 0.717) is 12.5 Å². The first-order valence-corrected chi connectivity index (χ1v) is 7.29. The Balaban J connectivity index is 2.78. The molecule has 0 saturated heterocycles. The predicted molar refractivity (Wildman–Crippen MR) is 81.0 cm³/mol. The second-order valence-corrected chi connectivity index (χ2v) is 6.15. The maximum Gasteiger partial charge on any atom is 0.138 e. The molecule has 0 amide bonds. The van der Waals surface area contributed by atoms with Gasteiger partial charge in [-0.3, -0.25) is 4.90 Å². The second-order valence-electron chi connectivity index (χ2n) is 6.15. The lowest BCUT2D eigenvalue weighted by atomic mass is 9.81. The molecule has 3 heteroatoms. The zero-order valence-corrected chi connectivity index (χ0v) is 13.2. The van der Waals surface area contributed by atoms with Crippen LogP contribution in [0.25, 0.3) is 0 Å². The summed E-state index contributed by atoms with van der Waals surface area (Å²) in [5, 5.41) is 9.89. The molecular weight excluding hydrogens is 248 g/mol. The van der Waals surface area contributed by atoms with Gasteiger partial charge in [-0.15, -0.1) is 0 Å². The molecular formula is C17H24N2O. The van der Waals surface area contributed by atoms with Crippen molar-refractivity contribution in [2.24, 2.45) is 0 Å². The SMILES string of the molecule is Cc1ccc(C(C)C)c2c1C(C#N)(N(C)C)CCCO2. The summed E-state index contributed by atoms with van der Waals surface area (Å²) in [7, 11) is 3.97. The van der Waals surface area contributed by atoms with E-state index in [-0.39, 0.29) is 0 Å². The fraction of sp³-hybridized carbons (Fsp3) is 0.588. The number of aryl methyl sites for hydroxylation is 1. The van der Waals surface area contributed by atoms with Crippen LogP contribution in [-0.4, -0.2) is 25.6 Å². The van der Waals surface area contributed by atoms with Crippen molar-refractivity contribution in [2.75, 3.05) is 20.7 Å². The van der Waals surface area contributed by atoms with E-state index in [4.69, 9.17) is 4.74 Å². The topological polar surface area (TPSA) is 36.3 Å². The van der Waals surface area contributed by atoms with Crippen molar-refractivity contribution in [2.45, 2.75) is 45.1 Å². The van der Waals surface area contributed by atoms with Crippen LogP contribution in [-0.2, 0) is 5.54 Å². The Bertz CT molecular complexity index is 543. The van der Waals surface area contributed by atoms with Gasteiger partial charge < -0.3 is 4.74 Å². The average Bonchev–Trinajstić information content (AvgIpc) is 2.59. The molecule has 0 bridgehead atoms. The van der Waals surface area contributed by atoms with Crippen molar-refractivity contribution in [3.63, 3.8) is 0 Å². The van der Waals surface area contributed by atoms with Crippen LogP contribution < -0.4 is 4.74 Å². The van der Waals surface area contributed by atoms with Gasteiger partial charge in [0, 0.05) is 5.56 Å². The molecule has 0 saturated carbocycles. The average molecular weight is 272 g/mol. The summed E-state index contributed by atoms with van der Waals surface area (Å²) in [6.45, 7) is 7.10. The van der Waals surface area contributed by atoms with Crippen molar-refractivity contribution >= 4 is 0 Å². The van der Waals surface area contributed by atoms with E-state index in [1.165, 1.54) is 5.56 Å². The minimum Gasteiger partial charge on any atom is -0.493 e. The minimum atomic E-state index is -0.583. The lowest BCUT2D eigenvalue weighted by Gasteiger charge is -2.35. The highest BCUT2D eigenvalue weighted by Gasteiger charge is 2.41. The number of hydrogen-bond donors (Lipinski definition) is 0. The molecule has 2 rings (SSSR count). The first-order valence-electron chi connectivity index (χ1n) is 7.29. The van der Waals surface area contributed by atoms with Gasteiger partial charge in [-0.05, 0) is 50.9 Å². The molecule has 20 heavy (non-hydrogen) atoms. The molecule has 0 aromatic heterocycles. The molecule has 1 atom stereocenters. The Hall–Kier alpha value is -1.53. The summed E-state index contributed by atoms with van der Waals surface area (Å²) in [5.74, 6) is 1.33. The molecule has 0 N–H and O–H groups in total. The Morgan fingerprint density at radius 2 is 2.05 bits per heavy atom. The molecule has 1 heterocycles. The summed E-state index contributed by atoms with van der Waals surface area (Å²) in [6.07, 6.45) is 1.71. The van der Waals surface area contributed by atoms with E-state index in [0.717, 1.165) is 29.7 Å². The van der Waals surface area contributed by atoms with Crippen LogP contribution in [0.3, 0.4) is 0 Å². The summed E-state index contributed by atoms with van der Waals surface area (Å²) in [4.78, 5) is 2.04. The van der Waals surface area contributed by atoms with Crippen molar-refractivity contribution in [3.05, 3.63) is 28.8 Å². The third-order valence-electron chi connectivity index (χ3n) is 4.31. The Kier molecular flexibility index (Phi) is 4.06. The van der Waals surface area contributed by atoms with Crippen molar-refractivity contribution in [1.82, 2.24) is 4.90 Å². The van der Waals surface area contributed by atoms with Crippen molar-refractivity contribution < 1.29 is 4.74 Å². The fourth-order valence-corrected chi connectivity index (χ4v) is 3.11. The van der Waals surface area contributed by atoms with Gasteiger partial charge in [0.15, 0.2) is 0 Å². The third kappa shape index (κ3) is 2.19. The van der Waals surface area contributed by atoms with Crippen LogP contribution in [0.5, 0.6) is 5.75 Å². The normalized spacial score (nSPS) is 22.1. The zero-order chi connectivity index (χ0) is 14.9. The number of benzene rings is 1. The summed E-state index contributed by atoms with van der Waals surface area (Å²) < 4.78 is 6.05. The molecule has 0 spiro atoms. The number of nitriles is 1. The lowest BCUT2D eigenvalue weighted by molar-refractivity contribution is 0.202. The smallest absolute Gasteiger partial charge is 0.138 e. The molecule has 0 aliphatic carbocycles. The molecule has 0 radical (unpaired) electrons. The van der Waals surface area contributed by atoms with E-state index < -0.39 is 5.54 Å². The van der Waals surface area contributed by atoms with Crippen LogP contribution in [0.15, 0.2) is 12.1 Å². The van der Waals surface area contributed by atoms with Gasteiger partial charge in [0.25, 0.3) is 0 Å². The Morgan fingerprint density at radius 3 is 2.60 bits per heavy atom. The first kappa shape index (κ1) is 14.9. The highest BCUT2D eigenvalue weighted by molar-refractivity contribution is 5.54. The van der Waals surface area contributed by atoms with Gasteiger partial charge in [0.05, 0.1) is 12.7 Å². The van der Waals surface area contributed by atoms with Crippen LogP contribution in [0.4, 0.5) is 0 Å². The monoisotopic (exact) mass is 272 g/mol. The van der Waals surface area contributed by atoms with E-state index in [1.54, 1.807) is 0 Å². The highest BCUT2D eigenvalue weighted by Crippen LogP contribution is 2.44. The molecule has 1 unspecified atom stereocenters. The number of fused-ring (bicyclic) bond motifs is 1. The zero-order valence-electron chi connectivity index (χ0n) is 13.2. The standard InChI is InChI=1S/C17H24N2O/c1-12(2)14-8-7-13(3)15-16(14)20-10-6-9-17(15,11-18)19(4)5/h7-8,12H,6,9-10H2,1-5H3. The third-order valence-corrected chi connectivity index (χ3v) is 4.31. The van der Waals surface area contributed by atoms with Crippen LogP contribution in [0.2, 0.25) is 0 Å². The highest BCUT2D eigenvalue weighted by atomic mass is 16.5. The number of rotatable bonds is 2. The lowest BCUT2D eigenvalue weighted by Crippen LogP contribution is -2.40. The van der Waals surface area contributed by atoms with E-state index in [2.05, 4.69) is 39.0 Å². The minimum absolute atomic E-state index is 0.390.